The Bertz CT molecular complexity index is 660. The van der Waals surface area contributed by atoms with Crippen molar-refractivity contribution in [3.05, 3.63) is 50.7 Å². The SMILES string of the molecule is N#Cc1csc(CNC2CCSc3ccc(Cl)cc32)c1. The van der Waals surface area contributed by atoms with Gasteiger partial charge >= 0.3 is 0 Å². The zero-order chi connectivity index (χ0) is 13.9. The fourth-order valence-electron chi connectivity index (χ4n) is 2.33. The number of hydrogen-bond donors (Lipinski definition) is 1. The van der Waals surface area contributed by atoms with Gasteiger partial charge in [0.2, 0.25) is 0 Å². The van der Waals surface area contributed by atoms with Crippen LogP contribution < -0.4 is 5.32 Å². The van der Waals surface area contributed by atoms with Gasteiger partial charge in [-0.2, -0.15) is 5.26 Å². The van der Waals surface area contributed by atoms with E-state index in [9.17, 15) is 0 Å². The first-order valence-corrected chi connectivity index (χ1v) is 8.64. The van der Waals surface area contributed by atoms with Crippen LogP contribution in [-0.4, -0.2) is 5.75 Å². The number of nitriles is 1. The topological polar surface area (TPSA) is 35.8 Å². The van der Waals surface area contributed by atoms with Gasteiger partial charge in [0.15, 0.2) is 0 Å². The monoisotopic (exact) mass is 320 g/mol. The van der Waals surface area contributed by atoms with Gasteiger partial charge in [0, 0.05) is 32.8 Å². The molecule has 20 heavy (non-hydrogen) atoms. The van der Waals surface area contributed by atoms with Gasteiger partial charge in [0.1, 0.15) is 6.07 Å². The van der Waals surface area contributed by atoms with Gasteiger partial charge in [-0.1, -0.05) is 11.6 Å². The van der Waals surface area contributed by atoms with Crippen molar-refractivity contribution in [2.45, 2.75) is 23.9 Å². The van der Waals surface area contributed by atoms with Gasteiger partial charge in [-0.25, -0.2) is 0 Å². The summed E-state index contributed by atoms with van der Waals surface area (Å²) in [6.07, 6.45) is 1.11. The van der Waals surface area contributed by atoms with Crippen LogP contribution >= 0.6 is 34.7 Å². The molecule has 0 spiro atoms. The number of nitrogens with one attached hydrogen (secondary N) is 1. The van der Waals surface area contributed by atoms with Crippen molar-refractivity contribution in [3.8, 4) is 6.07 Å². The van der Waals surface area contributed by atoms with Crippen LogP contribution in [0.5, 0.6) is 0 Å². The Kier molecular flexibility index (Phi) is 4.32. The lowest BCUT2D eigenvalue weighted by atomic mass is 10.0. The molecule has 0 saturated carbocycles. The van der Waals surface area contributed by atoms with E-state index in [4.69, 9.17) is 16.9 Å². The van der Waals surface area contributed by atoms with E-state index in [1.807, 2.05) is 29.3 Å². The molecule has 1 unspecified atom stereocenters. The first kappa shape index (κ1) is 14.0. The number of thiophene rings is 1. The highest BCUT2D eigenvalue weighted by Crippen LogP contribution is 2.37. The van der Waals surface area contributed by atoms with Crippen molar-refractivity contribution in [1.82, 2.24) is 5.32 Å². The summed E-state index contributed by atoms with van der Waals surface area (Å²) < 4.78 is 0. The van der Waals surface area contributed by atoms with Crippen molar-refractivity contribution < 1.29 is 0 Å². The van der Waals surface area contributed by atoms with Crippen molar-refractivity contribution in [2.24, 2.45) is 0 Å². The van der Waals surface area contributed by atoms with Crippen LogP contribution in [0.2, 0.25) is 5.02 Å². The van der Waals surface area contributed by atoms with Crippen LogP contribution in [0.25, 0.3) is 0 Å². The molecule has 2 aromatic rings. The molecule has 2 heterocycles. The second kappa shape index (κ2) is 6.19. The number of fused-ring (bicyclic) bond motifs is 1. The third kappa shape index (κ3) is 3.02. The average Bonchev–Trinajstić information content (AvgIpc) is 2.93. The molecule has 1 aliphatic heterocycles. The molecular weight excluding hydrogens is 308 g/mol. The van der Waals surface area contributed by atoms with Gasteiger partial charge in [0.05, 0.1) is 5.56 Å². The molecule has 102 valence electrons. The quantitative estimate of drug-likeness (QED) is 0.897. The van der Waals surface area contributed by atoms with Crippen LogP contribution in [0.4, 0.5) is 0 Å². The van der Waals surface area contributed by atoms with Crippen molar-refractivity contribution >= 4 is 34.7 Å². The van der Waals surface area contributed by atoms with Gasteiger partial charge in [-0.3, -0.25) is 0 Å². The molecule has 0 saturated heterocycles. The Morgan fingerprint density at radius 1 is 1.40 bits per heavy atom. The van der Waals surface area contributed by atoms with Crippen molar-refractivity contribution in [3.63, 3.8) is 0 Å². The summed E-state index contributed by atoms with van der Waals surface area (Å²) in [6.45, 7) is 0.799. The first-order valence-electron chi connectivity index (χ1n) is 6.39. The summed E-state index contributed by atoms with van der Waals surface area (Å²) in [5.41, 5.74) is 2.04. The highest BCUT2D eigenvalue weighted by molar-refractivity contribution is 7.99. The summed E-state index contributed by atoms with van der Waals surface area (Å²) >= 11 is 9.63. The molecule has 1 aliphatic rings. The fourth-order valence-corrected chi connectivity index (χ4v) is 4.38. The zero-order valence-corrected chi connectivity index (χ0v) is 13.1. The van der Waals surface area contributed by atoms with Gasteiger partial charge in [-0.05, 0) is 42.0 Å². The van der Waals surface area contributed by atoms with Gasteiger partial charge < -0.3 is 5.32 Å². The van der Waals surface area contributed by atoms with Crippen LogP contribution in [0, 0.1) is 11.3 Å². The summed E-state index contributed by atoms with van der Waals surface area (Å²) in [7, 11) is 0. The number of hydrogen-bond acceptors (Lipinski definition) is 4. The van der Waals surface area contributed by atoms with E-state index >= 15 is 0 Å². The predicted octanol–water partition coefficient (Wildman–Crippen LogP) is 4.60. The minimum absolute atomic E-state index is 0.345. The maximum atomic E-state index is 8.85. The van der Waals surface area contributed by atoms with Crippen LogP contribution in [0.15, 0.2) is 34.5 Å². The molecule has 2 nitrogen and oxygen atoms in total. The van der Waals surface area contributed by atoms with Crippen LogP contribution in [0.1, 0.15) is 28.5 Å². The molecule has 0 fully saturated rings. The predicted molar refractivity (Wildman–Crippen MR) is 85.4 cm³/mol. The van der Waals surface area contributed by atoms with E-state index in [0.29, 0.717) is 6.04 Å². The third-order valence-corrected chi connectivity index (χ3v) is 5.61. The minimum atomic E-state index is 0.345. The summed E-state index contributed by atoms with van der Waals surface area (Å²) in [4.78, 5) is 2.52. The fraction of sp³-hybridized carbons (Fsp3) is 0.267. The van der Waals surface area contributed by atoms with Gasteiger partial charge in [0.25, 0.3) is 0 Å². The van der Waals surface area contributed by atoms with Crippen LogP contribution in [0.3, 0.4) is 0 Å². The largest absolute Gasteiger partial charge is 0.305 e. The second-order valence-corrected chi connectivity index (χ2v) is 7.24. The van der Waals surface area contributed by atoms with E-state index in [1.54, 1.807) is 11.3 Å². The first-order chi connectivity index (χ1) is 9.76. The molecule has 0 radical (unpaired) electrons. The molecule has 1 atom stereocenters. The molecule has 1 N–H and O–H groups in total. The van der Waals surface area contributed by atoms with Crippen molar-refractivity contribution in [1.29, 1.82) is 5.26 Å². The third-order valence-electron chi connectivity index (χ3n) is 3.32. The lowest BCUT2D eigenvalue weighted by molar-refractivity contribution is 0.513. The van der Waals surface area contributed by atoms with E-state index < -0.39 is 0 Å². The Morgan fingerprint density at radius 3 is 3.10 bits per heavy atom. The lowest BCUT2D eigenvalue weighted by Crippen LogP contribution is -2.23. The van der Waals surface area contributed by atoms with E-state index in [0.717, 1.165) is 29.3 Å². The van der Waals surface area contributed by atoms with E-state index in [2.05, 4.69) is 23.5 Å². The van der Waals surface area contributed by atoms with Crippen LogP contribution in [-0.2, 0) is 6.54 Å². The highest BCUT2D eigenvalue weighted by atomic mass is 35.5. The molecule has 1 aromatic heterocycles. The normalized spacial score (nSPS) is 17.5. The maximum absolute atomic E-state index is 8.85. The highest BCUT2D eigenvalue weighted by Gasteiger charge is 2.20. The number of rotatable bonds is 3. The van der Waals surface area contributed by atoms with E-state index in [1.165, 1.54) is 15.3 Å². The number of halogens is 1. The summed E-state index contributed by atoms with van der Waals surface area (Å²) in [5, 5.41) is 15.1. The minimum Gasteiger partial charge on any atom is -0.305 e. The number of thioether (sulfide) groups is 1. The Balaban J connectivity index is 1.73. The maximum Gasteiger partial charge on any atom is 0.100 e. The Hall–Kier alpha value is -0.990. The molecule has 0 aliphatic carbocycles. The smallest absolute Gasteiger partial charge is 0.100 e. The number of benzene rings is 1. The Morgan fingerprint density at radius 2 is 2.30 bits per heavy atom. The number of nitrogens with zero attached hydrogens (tertiary/aromatic N) is 1. The average molecular weight is 321 g/mol. The lowest BCUT2D eigenvalue weighted by Gasteiger charge is -2.26. The molecule has 1 aromatic carbocycles. The molecule has 3 rings (SSSR count). The summed E-state index contributed by atoms with van der Waals surface area (Å²) in [6, 6.07) is 10.6. The van der Waals surface area contributed by atoms with E-state index in [-0.39, 0.29) is 0 Å². The molecule has 0 bridgehead atoms. The molecule has 0 amide bonds. The van der Waals surface area contributed by atoms with Crippen molar-refractivity contribution in [2.75, 3.05) is 5.75 Å². The Labute approximate surface area is 131 Å². The summed E-state index contributed by atoms with van der Waals surface area (Å²) in [5.74, 6) is 1.13. The molecular formula is C15H13ClN2S2. The second-order valence-electron chi connectivity index (χ2n) is 4.67. The zero-order valence-electron chi connectivity index (χ0n) is 10.7. The molecule has 5 heteroatoms. The standard InChI is InChI=1S/C15H13ClN2S2/c16-11-1-2-15-13(6-11)14(3-4-19-15)18-8-12-5-10(7-17)9-20-12/h1-2,5-6,9,14,18H,3-4,8H2. The van der Waals surface area contributed by atoms with Gasteiger partial charge in [-0.15, -0.1) is 23.1 Å².